The van der Waals surface area contributed by atoms with E-state index in [0.717, 1.165) is 29.2 Å². The quantitative estimate of drug-likeness (QED) is 0.802. The second kappa shape index (κ2) is 4.37. The molecular formula is C12H16N2OS. The van der Waals surface area contributed by atoms with Crippen molar-refractivity contribution in [2.45, 2.75) is 30.4 Å². The molecule has 0 saturated carbocycles. The van der Waals surface area contributed by atoms with Crippen LogP contribution in [0.3, 0.4) is 0 Å². The van der Waals surface area contributed by atoms with Gasteiger partial charge in [-0.25, -0.2) is 0 Å². The van der Waals surface area contributed by atoms with Gasteiger partial charge in [-0.15, -0.1) is 11.8 Å². The minimum atomic E-state index is -0.0131. The Kier molecular flexibility index (Phi) is 3.10. The van der Waals surface area contributed by atoms with Gasteiger partial charge in [-0.2, -0.15) is 0 Å². The number of thioether (sulfide) groups is 1. The number of amides is 1. The minimum absolute atomic E-state index is 0.0131. The van der Waals surface area contributed by atoms with E-state index in [-0.39, 0.29) is 11.2 Å². The molecule has 16 heavy (non-hydrogen) atoms. The summed E-state index contributed by atoms with van der Waals surface area (Å²) in [7, 11) is 0. The number of rotatable bonds is 2. The first-order valence-corrected chi connectivity index (χ1v) is 6.39. The summed E-state index contributed by atoms with van der Waals surface area (Å²) in [5, 5.41) is -0.0131. The van der Waals surface area contributed by atoms with Crippen molar-refractivity contribution in [3.63, 3.8) is 0 Å². The number of carbonyl (C=O) groups is 1. The molecule has 0 bridgehead atoms. The van der Waals surface area contributed by atoms with Crippen LogP contribution in [0.25, 0.3) is 0 Å². The molecule has 1 aromatic carbocycles. The Morgan fingerprint density at radius 3 is 2.94 bits per heavy atom. The third-order valence-electron chi connectivity index (χ3n) is 2.64. The van der Waals surface area contributed by atoms with Crippen LogP contribution in [0.4, 0.5) is 11.4 Å². The molecule has 1 aliphatic heterocycles. The molecule has 0 aliphatic carbocycles. The number of nitrogens with two attached hydrogens (primary N) is 1. The SMILES string of the molecule is CCCN1C(=O)C(C)Sc2cc(N)ccc21. The Hall–Kier alpha value is -1.16. The summed E-state index contributed by atoms with van der Waals surface area (Å²) in [4.78, 5) is 15.0. The van der Waals surface area contributed by atoms with Crippen molar-refractivity contribution in [2.24, 2.45) is 0 Å². The number of nitrogen functional groups attached to an aromatic ring is 1. The molecule has 1 aliphatic rings. The maximum absolute atomic E-state index is 12.0. The largest absolute Gasteiger partial charge is 0.399 e. The highest BCUT2D eigenvalue weighted by molar-refractivity contribution is 8.01. The van der Waals surface area contributed by atoms with Crippen molar-refractivity contribution in [3.8, 4) is 0 Å². The minimum Gasteiger partial charge on any atom is -0.399 e. The Balaban J connectivity index is 2.43. The second-order valence-corrected chi connectivity index (χ2v) is 5.36. The third kappa shape index (κ3) is 1.89. The zero-order valence-corrected chi connectivity index (χ0v) is 10.4. The Morgan fingerprint density at radius 1 is 1.50 bits per heavy atom. The zero-order chi connectivity index (χ0) is 11.7. The van der Waals surface area contributed by atoms with Crippen molar-refractivity contribution < 1.29 is 4.79 Å². The first kappa shape index (κ1) is 11.3. The molecule has 1 amide bonds. The van der Waals surface area contributed by atoms with Crippen LogP contribution in [0.1, 0.15) is 20.3 Å². The van der Waals surface area contributed by atoms with Gasteiger partial charge >= 0.3 is 0 Å². The van der Waals surface area contributed by atoms with Gasteiger partial charge in [0.15, 0.2) is 0 Å². The van der Waals surface area contributed by atoms with Crippen LogP contribution < -0.4 is 10.6 Å². The molecule has 1 heterocycles. The van der Waals surface area contributed by atoms with Gasteiger partial charge in [-0.3, -0.25) is 4.79 Å². The normalized spacial score (nSPS) is 19.8. The van der Waals surface area contributed by atoms with E-state index in [0.29, 0.717) is 0 Å². The average Bonchev–Trinajstić information content (AvgIpc) is 2.24. The predicted octanol–water partition coefficient (Wildman–Crippen LogP) is 2.51. The molecule has 0 saturated heterocycles. The Labute approximate surface area is 100.0 Å². The molecule has 86 valence electrons. The van der Waals surface area contributed by atoms with Crippen molar-refractivity contribution in [3.05, 3.63) is 18.2 Å². The molecule has 1 aromatic rings. The molecule has 1 unspecified atom stereocenters. The molecule has 2 rings (SSSR count). The van der Waals surface area contributed by atoms with Crippen LogP contribution in [-0.4, -0.2) is 17.7 Å². The van der Waals surface area contributed by atoms with Gasteiger partial charge < -0.3 is 10.6 Å². The average molecular weight is 236 g/mol. The smallest absolute Gasteiger partial charge is 0.240 e. The van der Waals surface area contributed by atoms with Gasteiger partial charge in [0.25, 0.3) is 0 Å². The topological polar surface area (TPSA) is 46.3 Å². The summed E-state index contributed by atoms with van der Waals surface area (Å²) in [6.07, 6.45) is 0.965. The highest BCUT2D eigenvalue weighted by Gasteiger charge is 2.29. The number of fused-ring (bicyclic) bond motifs is 1. The fourth-order valence-electron chi connectivity index (χ4n) is 1.88. The van der Waals surface area contributed by atoms with Crippen molar-refractivity contribution in [2.75, 3.05) is 17.2 Å². The van der Waals surface area contributed by atoms with E-state index in [1.165, 1.54) is 0 Å². The monoisotopic (exact) mass is 236 g/mol. The molecule has 1 atom stereocenters. The number of anilines is 2. The lowest BCUT2D eigenvalue weighted by Gasteiger charge is -2.32. The van der Waals surface area contributed by atoms with Gasteiger partial charge in [0.2, 0.25) is 5.91 Å². The molecule has 4 heteroatoms. The van der Waals surface area contributed by atoms with Gasteiger partial charge in [0.1, 0.15) is 0 Å². The van der Waals surface area contributed by atoms with Crippen LogP contribution >= 0.6 is 11.8 Å². The highest BCUT2D eigenvalue weighted by Crippen LogP contribution is 2.40. The van der Waals surface area contributed by atoms with Gasteiger partial charge in [-0.1, -0.05) is 6.92 Å². The molecule has 0 fully saturated rings. The van der Waals surface area contributed by atoms with E-state index in [1.54, 1.807) is 11.8 Å². The summed E-state index contributed by atoms with van der Waals surface area (Å²) in [6.45, 7) is 4.80. The van der Waals surface area contributed by atoms with Crippen LogP contribution in [-0.2, 0) is 4.79 Å². The lowest BCUT2D eigenvalue weighted by Crippen LogP contribution is -2.40. The summed E-state index contributed by atoms with van der Waals surface area (Å²) in [5.74, 6) is 0.198. The summed E-state index contributed by atoms with van der Waals surface area (Å²) in [5.41, 5.74) is 7.52. The highest BCUT2D eigenvalue weighted by atomic mass is 32.2. The fraction of sp³-hybridized carbons (Fsp3) is 0.417. The fourth-order valence-corrected chi connectivity index (χ4v) is 2.99. The summed E-state index contributed by atoms with van der Waals surface area (Å²) < 4.78 is 0. The van der Waals surface area contributed by atoms with Crippen molar-refractivity contribution >= 4 is 29.0 Å². The zero-order valence-electron chi connectivity index (χ0n) is 9.56. The van der Waals surface area contributed by atoms with E-state index in [1.807, 2.05) is 30.0 Å². The number of carbonyl (C=O) groups excluding carboxylic acids is 1. The van der Waals surface area contributed by atoms with E-state index >= 15 is 0 Å². The third-order valence-corrected chi connectivity index (χ3v) is 3.78. The molecule has 2 N–H and O–H groups in total. The van der Waals surface area contributed by atoms with Crippen LogP contribution in [0.2, 0.25) is 0 Å². The molecule has 0 radical (unpaired) electrons. The lowest BCUT2D eigenvalue weighted by atomic mass is 10.2. The van der Waals surface area contributed by atoms with Crippen molar-refractivity contribution in [1.82, 2.24) is 0 Å². The first-order chi connectivity index (χ1) is 7.63. The van der Waals surface area contributed by atoms with Gasteiger partial charge in [-0.05, 0) is 31.5 Å². The Bertz CT molecular complexity index is 419. The molecule has 0 spiro atoms. The standard InChI is InChI=1S/C12H16N2OS/c1-3-6-14-10-5-4-9(13)7-11(10)16-8(2)12(14)15/h4-5,7-8H,3,6,13H2,1-2H3. The summed E-state index contributed by atoms with van der Waals surface area (Å²) in [6, 6.07) is 5.74. The molecule has 0 aromatic heterocycles. The number of hydrogen-bond acceptors (Lipinski definition) is 3. The van der Waals surface area contributed by atoms with E-state index in [2.05, 4.69) is 6.92 Å². The second-order valence-electron chi connectivity index (χ2n) is 3.98. The molecule has 3 nitrogen and oxygen atoms in total. The number of nitrogens with zero attached hydrogens (tertiary/aromatic N) is 1. The van der Waals surface area contributed by atoms with E-state index < -0.39 is 0 Å². The first-order valence-electron chi connectivity index (χ1n) is 5.51. The maximum atomic E-state index is 12.0. The molecular weight excluding hydrogens is 220 g/mol. The number of benzene rings is 1. The van der Waals surface area contributed by atoms with Gasteiger partial charge in [0.05, 0.1) is 10.9 Å². The van der Waals surface area contributed by atoms with Crippen LogP contribution in [0.5, 0.6) is 0 Å². The lowest BCUT2D eigenvalue weighted by molar-refractivity contribution is -0.118. The predicted molar refractivity (Wildman–Crippen MR) is 68.8 cm³/mol. The Morgan fingerprint density at radius 2 is 2.25 bits per heavy atom. The maximum Gasteiger partial charge on any atom is 0.240 e. The van der Waals surface area contributed by atoms with Crippen LogP contribution in [0.15, 0.2) is 23.1 Å². The van der Waals surface area contributed by atoms with E-state index in [4.69, 9.17) is 5.73 Å². The number of hydrogen-bond donors (Lipinski definition) is 1. The van der Waals surface area contributed by atoms with Gasteiger partial charge in [0, 0.05) is 17.1 Å². The van der Waals surface area contributed by atoms with E-state index in [9.17, 15) is 4.79 Å². The summed E-state index contributed by atoms with van der Waals surface area (Å²) >= 11 is 1.59. The van der Waals surface area contributed by atoms with Crippen LogP contribution in [0, 0.1) is 0 Å². The van der Waals surface area contributed by atoms with Crippen molar-refractivity contribution in [1.29, 1.82) is 0 Å².